The fourth-order valence-corrected chi connectivity index (χ4v) is 2.07. The molecule has 0 aromatic heterocycles. The van der Waals surface area contributed by atoms with Gasteiger partial charge in [-0.1, -0.05) is 0 Å². The van der Waals surface area contributed by atoms with Crippen molar-refractivity contribution in [2.45, 2.75) is 25.6 Å². The van der Waals surface area contributed by atoms with Crippen molar-refractivity contribution >= 4 is 15.9 Å². The molecule has 2 nitrogen and oxygen atoms in total. The Morgan fingerprint density at radius 2 is 1.76 bits per heavy atom. The second-order valence-corrected chi connectivity index (χ2v) is 5.11. The standard InChI is InChI=1S/C11H13BrF3NO/c1-10(2,16)7-4-6(11(13,14)15)5-8(12)9(7)17-3/h4-5H,16H2,1-3H3. The van der Waals surface area contributed by atoms with Gasteiger partial charge < -0.3 is 10.5 Å². The molecule has 0 heterocycles. The SMILES string of the molecule is COc1c(Br)cc(C(F)(F)F)cc1C(C)(C)N. The lowest BCUT2D eigenvalue weighted by Gasteiger charge is -2.24. The molecule has 0 amide bonds. The number of halogens is 4. The molecule has 17 heavy (non-hydrogen) atoms. The summed E-state index contributed by atoms with van der Waals surface area (Å²) in [5.74, 6) is 0.325. The van der Waals surface area contributed by atoms with Crippen molar-refractivity contribution < 1.29 is 17.9 Å². The van der Waals surface area contributed by atoms with Crippen LogP contribution in [0.1, 0.15) is 25.0 Å². The zero-order chi connectivity index (χ0) is 13.4. The second kappa shape index (κ2) is 4.49. The number of nitrogens with two attached hydrogens (primary N) is 1. The normalized spacial score (nSPS) is 12.7. The summed E-state index contributed by atoms with van der Waals surface area (Å²) in [5, 5.41) is 0. The van der Waals surface area contributed by atoms with Gasteiger partial charge in [0.05, 0.1) is 17.1 Å². The van der Waals surface area contributed by atoms with Crippen LogP contribution in [0.3, 0.4) is 0 Å². The molecule has 0 bridgehead atoms. The fraction of sp³-hybridized carbons (Fsp3) is 0.455. The van der Waals surface area contributed by atoms with E-state index in [1.165, 1.54) is 7.11 Å². The minimum Gasteiger partial charge on any atom is -0.495 e. The first-order chi connectivity index (χ1) is 7.57. The van der Waals surface area contributed by atoms with Gasteiger partial charge in [0, 0.05) is 11.1 Å². The van der Waals surface area contributed by atoms with Gasteiger partial charge in [0.25, 0.3) is 0 Å². The predicted octanol–water partition coefficient (Wildman–Crippen LogP) is 3.67. The molecule has 96 valence electrons. The molecule has 1 rings (SSSR count). The molecule has 0 atom stereocenters. The molecule has 0 aliphatic rings. The van der Waals surface area contributed by atoms with Crippen LogP contribution in [-0.2, 0) is 11.7 Å². The van der Waals surface area contributed by atoms with Gasteiger partial charge in [-0.3, -0.25) is 0 Å². The van der Waals surface area contributed by atoms with E-state index in [-0.39, 0.29) is 4.47 Å². The zero-order valence-corrected chi connectivity index (χ0v) is 11.2. The number of rotatable bonds is 2. The molecule has 6 heteroatoms. The molecule has 0 radical (unpaired) electrons. The number of alkyl halides is 3. The van der Waals surface area contributed by atoms with Crippen LogP contribution in [0.15, 0.2) is 16.6 Å². The van der Waals surface area contributed by atoms with Gasteiger partial charge >= 0.3 is 6.18 Å². The summed E-state index contributed by atoms with van der Waals surface area (Å²) in [6, 6.07) is 2.00. The number of benzene rings is 1. The highest BCUT2D eigenvalue weighted by Gasteiger charge is 2.34. The largest absolute Gasteiger partial charge is 0.495 e. The molecule has 0 spiro atoms. The van der Waals surface area contributed by atoms with Crippen LogP contribution >= 0.6 is 15.9 Å². The summed E-state index contributed by atoms with van der Waals surface area (Å²) in [5.41, 5.74) is 4.48. The maximum atomic E-state index is 12.7. The van der Waals surface area contributed by atoms with Crippen molar-refractivity contribution in [3.05, 3.63) is 27.7 Å². The second-order valence-electron chi connectivity index (χ2n) is 4.26. The third-order valence-electron chi connectivity index (χ3n) is 2.27. The summed E-state index contributed by atoms with van der Waals surface area (Å²) in [6.45, 7) is 3.24. The smallest absolute Gasteiger partial charge is 0.416 e. The molecule has 1 aromatic carbocycles. The lowest BCUT2D eigenvalue weighted by Crippen LogP contribution is -2.30. The highest BCUT2D eigenvalue weighted by molar-refractivity contribution is 9.10. The third kappa shape index (κ3) is 3.13. The summed E-state index contributed by atoms with van der Waals surface area (Å²) < 4.78 is 43.3. The van der Waals surface area contributed by atoms with Crippen molar-refractivity contribution in [2.24, 2.45) is 5.73 Å². The summed E-state index contributed by atoms with van der Waals surface area (Å²) >= 11 is 3.06. The van der Waals surface area contributed by atoms with Gasteiger partial charge in [0.15, 0.2) is 0 Å². The number of hydrogen-bond donors (Lipinski definition) is 1. The van der Waals surface area contributed by atoms with E-state index in [2.05, 4.69) is 15.9 Å². The average Bonchev–Trinajstić information content (AvgIpc) is 2.13. The Hall–Kier alpha value is -0.750. The number of ether oxygens (including phenoxy) is 1. The Bertz CT molecular complexity index is 424. The fourth-order valence-electron chi connectivity index (χ4n) is 1.44. The van der Waals surface area contributed by atoms with E-state index in [1.807, 2.05) is 0 Å². The molecule has 0 aliphatic carbocycles. The molecule has 1 aromatic rings. The summed E-state index contributed by atoms with van der Waals surface area (Å²) in [7, 11) is 1.39. The van der Waals surface area contributed by atoms with Crippen molar-refractivity contribution in [3.63, 3.8) is 0 Å². The Morgan fingerprint density at radius 3 is 2.12 bits per heavy atom. The lowest BCUT2D eigenvalue weighted by molar-refractivity contribution is -0.137. The van der Waals surface area contributed by atoms with Crippen molar-refractivity contribution in [2.75, 3.05) is 7.11 Å². The van der Waals surface area contributed by atoms with Crippen LogP contribution in [0.25, 0.3) is 0 Å². The molecule has 0 fully saturated rings. The Morgan fingerprint density at radius 1 is 1.24 bits per heavy atom. The first kappa shape index (κ1) is 14.3. The van der Waals surface area contributed by atoms with E-state index in [1.54, 1.807) is 13.8 Å². The minimum atomic E-state index is -4.41. The van der Waals surface area contributed by atoms with E-state index in [0.717, 1.165) is 12.1 Å². The lowest BCUT2D eigenvalue weighted by atomic mass is 9.93. The van der Waals surface area contributed by atoms with Crippen LogP contribution in [0.2, 0.25) is 0 Å². The number of hydrogen-bond acceptors (Lipinski definition) is 2. The summed E-state index contributed by atoms with van der Waals surface area (Å²) in [4.78, 5) is 0. The number of methoxy groups -OCH3 is 1. The van der Waals surface area contributed by atoms with E-state index in [4.69, 9.17) is 10.5 Å². The molecule has 0 saturated heterocycles. The van der Waals surface area contributed by atoms with Crippen molar-refractivity contribution in [1.29, 1.82) is 0 Å². The van der Waals surface area contributed by atoms with E-state index >= 15 is 0 Å². The van der Waals surface area contributed by atoms with Crippen molar-refractivity contribution in [3.8, 4) is 5.75 Å². The van der Waals surface area contributed by atoms with Gasteiger partial charge in [-0.05, 0) is 41.9 Å². The monoisotopic (exact) mass is 311 g/mol. The van der Waals surface area contributed by atoms with Gasteiger partial charge in [0.2, 0.25) is 0 Å². The highest BCUT2D eigenvalue weighted by atomic mass is 79.9. The quantitative estimate of drug-likeness (QED) is 0.904. The maximum absolute atomic E-state index is 12.7. The minimum absolute atomic E-state index is 0.239. The maximum Gasteiger partial charge on any atom is 0.416 e. The van der Waals surface area contributed by atoms with E-state index in [0.29, 0.717) is 11.3 Å². The first-order valence-corrected chi connectivity index (χ1v) is 5.60. The highest BCUT2D eigenvalue weighted by Crippen LogP contribution is 2.40. The molecular formula is C11H13BrF3NO. The van der Waals surface area contributed by atoms with Crippen LogP contribution in [-0.4, -0.2) is 7.11 Å². The topological polar surface area (TPSA) is 35.2 Å². The van der Waals surface area contributed by atoms with Crippen LogP contribution in [0.5, 0.6) is 5.75 Å². The van der Waals surface area contributed by atoms with Gasteiger partial charge in [0.1, 0.15) is 5.75 Å². The predicted molar refractivity (Wildman–Crippen MR) is 62.9 cm³/mol. The molecule has 0 saturated carbocycles. The van der Waals surface area contributed by atoms with Gasteiger partial charge in [-0.2, -0.15) is 13.2 Å². The van der Waals surface area contributed by atoms with E-state index < -0.39 is 17.3 Å². The zero-order valence-electron chi connectivity index (χ0n) is 9.65. The molecule has 2 N–H and O–H groups in total. The molecule has 0 aliphatic heterocycles. The van der Waals surface area contributed by atoms with Crippen molar-refractivity contribution in [1.82, 2.24) is 0 Å². The van der Waals surface area contributed by atoms with Gasteiger partial charge in [-0.25, -0.2) is 0 Å². The Balaban J connectivity index is 3.51. The molecule has 0 unspecified atom stereocenters. The molecular weight excluding hydrogens is 299 g/mol. The third-order valence-corrected chi connectivity index (χ3v) is 2.86. The van der Waals surface area contributed by atoms with Crippen LogP contribution < -0.4 is 10.5 Å². The Kier molecular flexibility index (Phi) is 3.78. The average molecular weight is 312 g/mol. The summed E-state index contributed by atoms with van der Waals surface area (Å²) in [6.07, 6.45) is -4.41. The first-order valence-electron chi connectivity index (χ1n) is 4.81. The Labute approximate surface area is 106 Å². The van der Waals surface area contributed by atoms with Gasteiger partial charge in [-0.15, -0.1) is 0 Å². The van der Waals surface area contributed by atoms with Crippen LogP contribution in [0.4, 0.5) is 13.2 Å². The van der Waals surface area contributed by atoms with Crippen LogP contribution in [0, 0.1) is 0 Å². The van der Waals surface area contributed by atoms with E-state index in [9.17, 15) is 13.2 Å².